The monoisotopic (exact) mass is 392 g/mol. The van der Waals surface area contributed by atoms with E-state index in [1.165, 1.54) is 15.8 Å². The second-order valence-corrected chi connectivity index (χ2v) is 9.40. The quantitative estimate of drug-likeness (QED) is 0.705. The molecule has 134 valence electrons. The molecule has 7 nitrogen and oxygen atoms in total. The van der Waals surface area contributed by atoms with Gasteiger partial charge in [0.1, 0.15) is 4.21 Å². The van der Waals surface area contributed by atoms with E-state index in [1.807, 2.05) is 6.26 Å². The second kappa shape index (κ2) is 8.32. The van der Waals surface area contributed by atoms with E-state index >= 15 is 0 Å². The van der Waals surface area contributed by atoms with Crippen LogP contribution in [0.5, 0.6) is 0 Å². The summed E-state index contributed by atoms with van der Waals surface area (Å²) in [5, 5.41) is 10.2. The van der Waals surface area contributed by atoms with Crippen molar-refractivity contribution in [2.24, 2.45) is 0 Å². The normalized spacial score (nSPS) is 16.3. The number of thioether (sulfide) groups is 1. The van der Waals surface area contributed by atoms with Crippen molar-refractivity contribution in [1.82, 2.24) is 9.21 Å². The van der Waals surface area contributed by atoms with Crippen LogP contribution in [0, 0.1) is 0 Å². The second-order valence-electron chi connectivity index (χ2n) is 5.34. The standard InChI is InChI=1S/C14H20N2O5S3/c1-22-8-2-3-12(17)15-4-6-16(7-5-15)24(20,21)13-9-11(10-23-13)14(18)19/h9-10H,2-8H2,1H3,(H,18,19). The van der Waals surface area contributed by atoms with Crippen LogP contribution < -0.4 is 0 Å². The number of aromatic carboxylic acids is 1. The first kappa shape index (κ1) is 19.2. The molecule has 0 bridgehead atoms. The molecule has 0 spiro atoms. The molecular formula is C14H20N2O5S3. The van der Waals surface area contributed by atoms with Crippen molar-refractivity contribution in [3.63, 3.8) is 0 Å². The van der Waals surface area contributed by atoms with E-state index in [-0.39, 0.29) is 28.8 Å². The Hall–Kier alpha value is -1.10. The van der Waals surface area contributed by atoms with Crippen molar-refractivity contribution >= 4 is 45.0 Å². The third kappa shape index (κ3) is 4.50. The lowest BCUT2D eigenvalue weighted by atomic mass is 10.2. The van der Waals surface area contributed by atoms with Gasteiger partial charge in [0.05, 0.1) is 5.56 Å². The first-order valence-electron chi connectivity index (χ1n) is 7.45. The van der Waals surface area contributed by atoms with Gasteiger partial charge in [-0.2, -0.15) is 16.1 Å². The predicted molar refractivity (Wildman–Crippen MR) is 94.2 cm³/mol. The minimum Gasteiger partial charge on any atom is -0.478 e. The molecule has 0 atom stereocenters. The first-order valence-corrected chi connectivity index (χ1v) is 11.2. The van der Waals surface area contributed by atoms with Gasteiger partial charge in [-0.3, -0.25) is 4.79 Å². The molecule has 1 aromatic heterocycles. The molecule has 0 radical (unpaired) electrons. The van der Waals surface area contributed by atoms with Crippen LogP contribution in [-0.4, -0.2) is 72.8 Å². The molecule has 1 aliphatic heterocycles. The molecule has 1 aliphatic rings. The zero-order chi connectivity index (χ0) is 17.7. The lowest BCUT2D eigenvalue weighted by molar-refractivity contribution is -0.132. The van der Waals surface area contributed by atoms with Gasteiger partial charge in [0, 0.05) is 38.0 Å². The summed E-state index contributed by atoms with van der Waals surface area (Å²) in [4.78, 5) is 24.7. The number of nitrogens with zero attached hydrogens (tertiary/aromatic N) is 2. The largest absolute Gasteiger partial charge is 0.478 e. The molecule has 1 amide bonds. The number of carboxylic acid groups (broad SMARTS) is 1. The van der Waals surface area contributed by atoms with Crippen molar-refractivity contribution in [3.8, 4) is 0 Å². The van der Waals surface area contributed by atoms with Crippen molar-refractivity contribution in [2.75, 3.05) is 38.2 Å². The van der Waals surface area contributed by atoms with Crippen LogP contribution >= 0.6 is 23.1 Å². The van der Waals surface area contributed by atoms with Gasteiger partial charge in [-0.05, 0) is 24.5 Å². The van der Waals surface area contributed by atoms with Gasteiger partial charge >= 0.3 is 5.97 Å². The fourth-order valence-electron chi connectivity index (χ4n) is 2.39. The van der Waals surface area contributed by atoms with Crippen molar-refractivity contribution in [3.05, 3.63) is 17.0 Å². The van der Waals surface area contributed by atoms with Crippen molar-refractivity contribution in [1.29, 1.82) is 0 Å². The molecule has 1 aromatic rings. The predicted octanol–water partition coefficient (Wildman–Crippen LogP) is 1.42. The Morgan fingerprint density at radius 3 is 2.50 bits per heavy atom. The van der Waals surface area contributed by atoms with Gasteiger partial charge in [-0.25, -0.2) is 13.2 Å². The number of amides is 1. The molecule has 1 saturated heterocycles. The Morgan fingerprint density at radius 1 is 1.29 bits per heavy atom. The molecule has 24 heavy (non-hydrogen) atoms. The highest BCUT2D eigenvalue weighted by atomic mass is 32.2. The van der Waals surface area contributed by atoms with Crippen LogP contribution in [0.3, 0.4) is 0 Å². The van der Waals surface area contributed by atoms with E-state index in [4.69, 9.17) is 5.11 Å². The van der Waals surface area contributed by atoms with Gasteiger partial charge in [0.15, 0.2) is 0 Å². The number of hydrogen-bond acceptors (Lipinski definition) is 6. The number of thiophene rings is 1. The summed E-state index contributed by atoms with van der Waals surface area (Å²) < 4.78 is 26.4. The summed E-state index contributed by atoms with van der Waals surface area (Å²) >= 11 is 2.60. The van der Waals surface area contributed by atoms with Crippen molar-refractivity contribution < 1.29 is 23.1 Å². The summed E-state index contributed by atoms with van der Waals surface area (Å²) in [7, 11) is -3.70. The highest BCUT2D eigenvalue weighted by molar-refractivity contribution is 7.98. The fourth-order valence-corrected chi connectivity index (χ4v) is 5.56. The molecule has 1 N–H and O–H groups in total. The van der Waals surface area contributed by atoms with E-state index in [0.29, 0.717) is 19.5 Å². The molecular weight excluding hydrogens is 372 g/mol. The molecule has 1 fully saturated rings. The molecule has 0 aliphatic carbocycles. The number of piperazine rings is 1. The number of carboxylic acids is 1. The van der Waals surface area contributed by atoms with Crippen LogP contribution in [-0.2, 0) is 14.8 Å². The van der Waals surface area contributed by atoms with E-state index in [9.17, 15) is 18.0 Å². The van der Waals surface area contributed by atoms with Gasteiger partial charge < -0.3 is 10.0 Å². The topological polar surface area (TPSA) is 95.0 Å². The number of rotatable bonds is 7. The lowest BCUT2D eigenvalue weighted by Gasteiger charge is -2.33. The Morgan fingerprint density at radius 2 is 1.96 bits per heavy atom. The van der Waals surface area contributed by atoms with E-state index in [1.54, 1.807) is 16.7 Å². The molecule has 0 saturated carbocycles. The van der Waals surface area contributed by atoms with Gasteiger partial charge in [-0.15, -0.1) is 11.3 Å². The fraction of sp³-hybridized carbons (Fsp3) is 0.571. The molecule has 2 heterocycles. The molecule has 10 heteroatoms. The van der Waals surface area contributed by atoms with E-state index in [0.717, 1.165) is 23.5 Å². The summed E-state index contributed by atoms with van der Waals surface area (Å²) in [5.41, 5.74) is -0.0267. The Kier molecular flexibility index (Phi) is 6.67. The minimum absolute atomic E-state index is 0.0267. The number of sulfonamides is 1. The Labute approximate surface area is 149 Å². The molecule has 2 rings (SSSR count). The average Bonchev–Trinajstić information content (AvgIpc) is 3.06. The van der Waals surface area contributed by atoms with Crippen LogP contribution in [0.2, 0.25) is 0 Å². The minimum atomic E-state index is -3.70. The summed E-state index contributed by atoms with van der Waals surface area (Å²) in [6.07, 6.45) is 3.31. The van der Waals surface area contributed by atoms with Crippen LogP contribution in [0.1, 0.15) is 23.2 Å². The maximum Gasteiger partial charge on any atom is 0.336 e. The Balaban J connectivity index is 1.95. The van der Waals surface area contributed by atoms with Gasteiger partial charge in [0.2, 0.25) is 5.91 Å². The number of hydrogen-bond donors (Lipinski definition) is 1. The lowest BCUT2D eigenvalue weighted by Crippen LogP contribution is -2.50. The van der Waals surface area contributed by atoms with Crippen LogP contribution in [0.15, 0.2) is 15.7 Å². The third-order valence-corrected chi connectivity index (χ3v) is 7.76. The van der Waals surface area contributed by atoms with Gasteiger partial charge in [0.25, 0.3) is 10.0 Å². The van der Waals surface area contributed by atoms with Crippen LogP contribution in [0.25, 0.3) is 0 Å². The molecule has 0 unspecified atom stereocenters. The van der Waals surface area contributed by atoms with E-state index < -0.39 is 16.0 Å². The van der Waals surface area contributed by atoms with Crippen LogP contribution in [0.4, 0.5) is 0 Å². The summed E-state index contributed by atoms with van der Waals surface area (Å²) in [5.74, 6) is -0.150. The third-order valence-electron chi connectivity index (χ3n) is 3.75. The maximum absolute atomic E-state index is 12.5. The number of carbonyl (C=O) groups excluding carboxylic acids is 1. The summed E-state index contributed by atoms with van der Waals surface area (Å²) in [6.45, 7) is 1.21. The zero-order valence-electron chi connectivity index (χ0n) is 13.3. The Bertz CT molecular complexity index is 693. The smallest absolute Gasteiger partial charge is 0.336 e. The zero-order valence-corrected chi connectivity index (χ0v) is 15.8. The maximum atomic E-state index is 12.5. The van der Waals surface area contributed by atoms with Gasteiger partial charge in [-0.1, -0.05) is 0 Å². The first-order chi connectivity index (χ1) is 11.4. The molecule has 0 aromatic carbocycles. The summed E-state index contributed by atoms with van der Waals surface area (Å²) in [6, 6.07) is 1.18. The highest BCUT2D eigenvalue weighted by Gasteiger charge is 2.31. The number of carbonyl (C=O) groups is 2. The highest BCUT2D eigenvalue weighted by Crippen LogP contribution is 2.25. The SMILES string of the molecule is CSCCCC(=O)N1CCN(S(=O)(=O)c2cc(C(=O)O)cs2)CC1. The van der Waals surface area contributed by atoms with Crippen molar-refractivity contribution in [2.45, 2.75) is 17.1 Å². The average molecular weight is 393 g/mol. The van der Waals surface area contributed by atoms with E-state index in [2.05, 4.69) is 0 Å².